The van der Waals surface area contributed by atoms with E-state index < -0.39 is 0 Å². The zero-order chi connectivity index (χ0) is 27.2. The maximum absolute atomic E-state index is 13.8. The van der Waals surface area contributed by atoms with Crippen molar-refractivity contribution < 1.29 is 23.5 Å². The summed E-state index contributed by atoms with van der Waals surface area (Å²) in [6.45, 7) is 5.90. The second kappa shape index (κ2) is 12.3. The lowest BCUT2D eigenvalue weighted by Crippen LogP contribution is -2.46. The fourth-order valence-electron chi connectivity index (χ4n) is 4.88. The van der Waals surface area contributed by atoms with E-state index in [4.69, 9.17) is 19.0 Å². The molecular weight excluding hydrogens is 496 g/mol. The molecule has 3 aromatic rings. The molecule has 39 heavy (non-hydrogen) atoms. The monoisotopic (exact) mass is 530 g/mol. The molecule has 5 rings (SSSR count). The van der Waals surface area contributed by atoms with Crippen LogP contribution in [0.15, 0.2) is 76.4 Å². The minimum Gasteiger partial charge on any atom is -0.497 e. The van der Waals surface area contributed by atoms with Gasteiger partial charge in [-0.3, -0.25) is 14.5 Å². The molecular formula is C30H34N4O5. The van der Waals surface area contributed by atoms with Gasteiger partial charge in [0.1, 0.15) is 12.3 Å². The molecule has 9 nitrogen and oxygen atoms in total. The van der Waals surface area contributed by atoms with Crippen molar-refractivity contribution in [3.05, 3.63) is 89.4 Å². The van der Waals surface area contributed by atoms with Crippen LogP contribution < -0.4 is 4.74 Å². The Morgan fingerprint density at radius 3 is 2.46 bits per heavy atom. The van der Waals surface area contributed by atoms with Crippen LogP contribution in [-0.4, -0.2) is 85.4 Å². The topological polar surface area (TPSA) is 87.8 Å². The number of nitrogens with zero attached hydrogens (tertiary/aromatic N) is 4. The number of hydrogen-bond acceptors (Lipinski definition) is 7. The first-order chi connectivity index (χ1) is 19.0. The summed E-state index contributed by atoms with van der Waals surface area (Å²) in [6.07, 6.45) is 2.04. The number of amides is 2. The molecule has 1 fully saturated rings. The molecule has 0 spiro atoms. The maximum Gasteiger partial charge on any atom is 0.290 e. The van der Waals surface area contributed by atoms with Crippen LogP contribution in [0, 0.1) is 6.92 Å². The summed E-state index contributed by atoms with van der Waals surface area (Å²) in [5.41, 5.74) is 3.88. The first-order valence-corrected chi connectivity index (χ1v) is 13.3. The number of hydrazone groups is 1. The molecule has 1 saturated heterocycles. The van der Waals surface area contributed by atoms with E-state index in [-0.39, 0.29) is 30.2 Å². The predicted molar refractivity (Wildman–Crippen MR) is 147 cm³/mol. The fraction of sp³-hybridized carbons (Fsp3) is 0.367. The van der Waals surface area contributed by atoms with Gasteiger partial charge in [-0.25, -0.2) is 5.01 Å². The molecule has 0 unspecified atom stereocenters. The zero-order valence-corrected chi connectivity index (χ0v) is 22.4. The van der Waals surface area contributed by atoms with E-state index in [2.05, 4.69) is 4.90 Å². The SMILES string of the molecule is COc1ccc(C2=NN(C(=O)CN(CCN3CCOCC3)C(=O)c3ccco3)[C@@H](c3ccc(C)cc3)C2)cc1. The van der Waals surface area contributed by atoms with Gasteiger partial charge in [-0.05, 0) is 54.4 Å². The largest absolute Gasteiger partial charge is 0.497 e. The Hall–Kier alpha value is -3.95. The van der Waals surface area contributed by atoms with Crippen molar-refractivity contribution in [2.75, 3.05) is 53.0 Å². The average Bonchev–Trinajstić information content (AvgIpc) is 3.67. The summed E-state index contributed by atoms with van der Waals surface area (Å²) in [7, 11) is 1.63. The van der Waals surface area contributed by atoms with E-state index in [0.29, 0.717) is 32.7 Å². The minimum absolute atomic E-state index is 0.106. The van der Waals surface area contributed by atoms with Gasteiger partial charge in [-0.15, -0.1) is 0 Å². The van der Waals surface area contributed by atoms with Crippen molar-refractivity contribution in [2.24, 2.45) is 5.10 Å². The van der Waals surface area contributed by atoms with Crippen molar-refractivity contribution in [1.82, 2.24) is 14.8 Å². The Morgan fingerprint density at radius 2 is 1.79 bits per heavy atom. The Morgan fingerprint density at radius 1 is 1.05 bits per heavy atom. The molecule has 0 radical (unpaired) electrons. The second-order valence-corrected chi connectivity index (χ2v) is 9.80. The van der Waals surface area contributed by atoms with Crippen LogP contribution in [0.4, 0.5) is 0 Å². The quantitative estimate of drug-likeness (QED) is 0.419. The first-order valence-electron chi connectivity index (χ1n) is 13.3. The lowest BCUT2D eigenvalue weighted by atomic mass is 9.97. The summed E-state index contributed by atoms with van der Waals surface area (Å²) in [5, 5.41) is 6.33. The van der Waals surface area contributed by atoms with Crippen molar-refractivity contribution in [1.29, 1.82) is 0 Å². The smallest absolute Gasteiger partial charge is 0.290 e. The van der Waals surface area contributed by atoms with Gasteiger partial charge >= 0.3 is 0 Å². The van der Waals surface area contributed by atoms with E-state index >= 15 is 0 Å². The number of methoxy groups -OCH3 is 1. The van der Waals surface area contributed by atoms with Crippen molar-refractivity contribution in [3.8, 4) is 5.75 Å². The van der Waals surface area contributed by atoms with Crippen molar-refractivity contribution >= 4 is 17.5 Å². The van der Waals surface area contributed by atoms with E-state index in [1.54, 1.807) is 29.2 Å². The Bertz CT molecular complexity index is 1280. The number of aryl methyl sites for hydroxylation is 1. The Labute approximate surface area is 228 Å². The molecule has 0 saturated carbocycles. The van der Waals surface area contributed by atoms with Crippen LogP contribution >= 0.6 is 0 Å². The highest BCUT2D eigenvalue weighted by Crippen LogP contribution is 2.33. The first kappa shape index (κ1) is 26.6. The average molecular weight is 531 g/mol. The Kier molecular flexibility index (Phi) is 8.39. The molecule has 2 aliphatic rings. The number of carbonyl (C=O) groups is 2. The molecule has 0 aliphatic carbocycles. The minimum atomic E-state index is -0.313. The number of ether oxygens (including phenoxy) is 2. The summed E-state index contributed by atoms with van der Waals surface area (Å²) in [5.74, 6) is 0.412. The van der Waals surface area contributed by atoms with Crippen LogP contribution in [0.2, 0.25) is 0 Å². The van der Waals surface area contributed by atoms with Gasteiger partial charge < -0.3 is 18.8 Å². The van der Waals surface area contributed by atoms with Gasteiger partial charge in [0.15, 0.2) is 5.76 Å². The highest BCUT2D eigenvalue weighted by atomic mass is 16.5. The standard InChI is InChI=1S/C30H34N4O5/c1-22-5-7-24(8-6-22)27-20-26(23-9-11-25(37-2)12-10-23)31-34(27)29(35)21-33(30(36)28-4-3-17-39-28)14-13-32-15-18-38-19-16-32/h3-12,17,27H,13-16,18-21H2,1-2H3/t27-/m1/s1. The van der Waals surface area contributed by atoms with Gasteiger partial charge in [-0.1, -0.05) is 29.8 Å². The van der Waals surface area contributed by atoms with Gasteiger partial charge in [0.2, 0.25) is 0 Å². The van der Waals surface area contributed by atoms with Gasteiger partial charge in [-0.2, -0.15) is 5.10 Å². The molecule has 1 aromatic heterocycles. The predicted octanol–water partition coefficient (Wildman–Crippen LogP) is 3.75. The van der Waals surface area contributed by atoms with Crippen LogP contribution in [0.25, 0.3) is 0 Å². The van der Waals surface area contributed by atoms with Crippen LogP contribution in [0.1, 0.15) is 39.7 Å². The number of carbonyl (C=O) groups excluding carboxylic acids is 2. The summed E-state index contributed by atoms with van der Waals surface area (Å²) < 4.78 is 16.1. The highest BCUT2D eigenvalue weighted by molar-refractivity contribution is 6.03. The molecule has 204 valence electrons. The lowest BCUT2D eigenvalue weighted by Gasteiger charge is -2.30. The number of hydrogen-bond donors (Lipinski definition) is 0. The number of rotatable bonds is 9. The summed E-state index contributed by atoms with van der Waals surface area (Å²) in [6, 6.07) is 18.9. The molecule has 0 N–H and O–H groups in total. The van der Waals surface area contributed by atoms with Gasteiger partial charge in [0.05, 0.1) is 38.3 Å². The molecule has 0 bridgehead atoms. The van der Waals surface area contributed by atoms with Gasteiger partial charge in [0, 0.05) is 32.6 Å². The Balaban J connectivity index is 1.39. The molecule has 9 heteroatoms. The molecule has 2 aliphatic heterocycles. The summed E-state index contributed by atoms with van der Waals surface area (Å²) >= 11 is 0. The third-order valence-electron chi connectivity index (χ3n) is 7.19. The summed E-state index contributed by atoms with van der Waals surface area (Å²) in [4.78, 5) is 31.0. The molecule has 1 atom stereocenters. The van der Waals surface area contributed by atoms with Crippen molar-refractivity contribution in [2.45, 2.75) is 19.4 Å². The highest BCUT2D eigenvalue weighted by Gasteiger charge is 2.35. The normalized spacial score (nSPS) is 17.6. The third kappa shape index (κ3) is 6.38. The molecule has 2 amide bonds. The third-order valence-corrected chi connectivity index (χ3v) is 7.19. The van der Waals surface area contributed by atoms with Crippen molar-refractivity contribution in [3.63, 3.8) is 0 Å². The van der Waals surface area contributed by atoms with Crippen LogP contribution in [0.5, 0.6) is 5.75 Å². The van der Waals surface area contributed by atoms with Crippen LogP contribution in [0.3, 0.4) is 0 Å². The van der Waals surface area contributed by atoms with E-state index in [0.717, 1.165) is 41.2 Å². The molecule has 2 aromatic carbocycles. The lowest BCUT2D eigenvalue weighted by molar-refractivity contribution is -0.133. The number of furan rings is 1. The fourth-order valence-corrected chi connectivity index (χ4v) is 4.88. The van der Waals surface area contributed by atoms with E-state index in [1.165, 1.54) is 6.26 Å². The molecule has 3 heterocycles. The number of morpholine rings is 1. The zero-order valence-electron chi connectivity index (χ0n) is 22.4. The van der Waals surface area contributed by atoms with Crippen LogP contribution in [-0.2, 0) is 9.53 Å². The number of benzene rings is 2. The van der Waals surface area contributed by atoms with Gasteiger partial charge in [0.25, 0.3) is 11.8 Å². The van der Waals surface area contributed by atoms with E-state index in [9.17, 15) is 9.59 Å². The van der Waals surface area contributed by atoms with E-state index in [1.807, 2.05) is 55.5 Å². The maximum atomic E-state index is 13.8. The second-order valence-electron chi connectivity index (χ2n) is 9.80.